The van der Waals surface area contributed by atoms with Gasteiger partial charge in [-0.05, 0) is 6.92 Å². The number of hydrogen-bond donors (Lipinski definition) is 0. The molecule has 0 aliphatic rings. The van der Waals surface area contributed by atoms with Crippen molar-refractivity contribution in [1.29, 1.82) is 0 Å². The molecule has 0 spiro atoms. The topological polar surface area (TPSA) is 58.0 Å². The van der Waals surface area contributed by atoms with Gasteiger partial charge in [-0.15, -0.1) is 0 Å². The first-order valence-electron chi connectivity index (χ1n) is 5.04. The third-order valence-electron chi connectivity index (χ3n) is 2.39. The molecule has 0 saturated carbocycles. The third kappa shape index (κ3) is 2.90. The summed E-state index contributed by atoms with van der Waals surface area (Å²) < 4.78 is 13.8. The Morgan fingerprint density at radius 3 is 2.59 bits per heavy atom. The molecule has 1 heterocycles. The van der Waals surface area contributed by atoms with E-state index in [-0.39, 0.29) is 35.1 Å². The van der Waals surface area contributed by atoms with E-state index in [2.05, 4.69) is 4.98 Å². The van der Waals surface area contributed by atoms with Crippen molar-refractivity contribution in [3.8, 4) is 0 Å². The van der Waals surface area contributed by atoms with Gasteiger partial charge in [0.05, 0.1) is 0 Å². The van der Waals surface area contributed by atoms with Crippen molar-refractivity contribution in [2.75, 3.05) is 0 Å². The molecule has 4 nitrogen and oxygen atoms in total. The molecule has 6 heteroatoms. The van der Waals surface area contributed by atoms with E-state index in [4.69, 9.17) is 0 Å². The maximum absolute atomic E-state index is 12.2. The summed E-state index contributed by atoms with van der Waals surface area (Å²) in [7, 11) is -3.80. The Morgan fingerprint density at radius 1 is 1.35 bits per heavy atom. The van der Waals surface area contributed by atoms with E-state index < -0.39 is 7.37 Å². The zero-order valence-corrected chi connectivity index (χ0v) is 12.8. The molecule has 1 unspecified atom stereocenters. The van der Waals surface area contributed by atoms with Crippen molar-refractivity contribution >= 4 is 47.8 Å². The summed E-state index contributed by atoms with van der Waals surface area (Å²) in [5.74, 6) is 0. The first-order chi connectivity index (χ1) is 7.66. The van der Waals surface area contributed by atoms with Gasteiger partial charge in [0.15, 0.2) is 5.57 Å². The second kappa shape index (κ2) is 5.98. The molecular formula is C11H12N2NaO2P-. The van der Waals surface area contributed by atoms with E-state index in [0.29, 0.717) is 11.8 Å². The summed E-state index contributed by atoms with van der Waals surface area (Å²) in [6, 6.07) is 8.37. The van der Waals surface area contributed by atoms with Crippen molar-refractivity contribution in [3.05, 3.63) is 42.7 Å². The summed E-state index contributed by atoms with van der Waals surface area (Å²) >= 11 is 0. The molecule has 0 saturated heterocycles. The quantitative estimate of drug-likeness (QED) is 0.580. The fraction of sp³-hybridized carbons (Fsp3) is 0.182. The second-order valence-electron chi connectivity index (χ2n) is 3.40. The second-order valence-corrected chi connectivity index (χ2v) is 5.42. The van der Waals surface area contributed by atoms with Crippen LogP contribution in [0.5, 0.6) is 0 Å². The zero-order valence-electron chi connectivity index (χ0n) is 9.91. The SMILES string of the molecule is CCn1ccnc1P(=O)([O-])c1ccccc1.[Na]. The summed E-state index contributed by atoms with van der Waals surface area (Å²) in [4.78, 5) is 16.1. The molecule has 2 aromatic rings. The van der Waals surface area contributed by atoms with Gasteiger partial charge < -0.3 is 14.0 Å². The Kier molecular flexibility index (Phi) is 5.17. The first-order valence-corrected chi connectivity index (χ1v) is 6.67. The molecule has 85 valence electrons. The maximum Gasteiger partial charge on any atom is 0.159 e. The minimum absolute atomic E-state index is 0. The molecule has 1 atom stereocenters. The average molecular weight is 258 g/mol. The predicted molar refractivity (Wildman–Crippen MR) is 67.0 cm³/mol. The third-order valence-corrected chi connectivity index (χ3v) is 4.27. The minimum Gasteiger partial charge on any atom is -0.790 e. The molecule has 0 aliphatic carbocycles. The molecule has 1 aromatic heterocycles. The van der Waals surface area contributed by atoms with Crippen LogP contribution in [-0.4, -0.2) is 39.1 Å². The molecule has 0 bridgehead atoms. The molecule has 1 aromatic carbocycles. The van der Waals surface area contributed by atoms with Crippen molar-refractivity contribution in [2.45, 2.75) is 13.5 Å². The minimum atomic E-state index is -3.80. The van der Waals surface area contributed by atoms with E-state index in [1.165, 1.54) is 6.20 Å². The number of aryl methyl sites for hydroxylation is 1. The van der Waals surface area contributed by atoms with Crippen molar-refractivity contribution in [1.82, 2.24) is 9.55 Å². The zero-order chi connectivity index (χ0) is 11.6. The van der Waals surface area contributed by atoms with Crippen LogP contribution in [0.15, 0.2) is 42.7 Å². The summed E-state index contributed by atoms with van der Waals surface area (Å²) in [6.45, 7) is 2.48. The van der Waals surface area contributed by atoms with Crippen LogP contribution in [0, 0.1) is 0 Å². The smallest absolute Gasteiger partial charge is 0.159 e. The molecule has 0 aliphatic heterocycles. The van der Waals surface area contributed by atoms with Crippen molar-refractivity contribution in [2.24, 2.45) is 0 Å². The number of imidazole rings is 1. The van der Waals surface area contributed by atoms with Crippen LogP contribution in [0.2, 0.25) is 0 Å². The Bertz CT molecular complexity index is 527. The molecule has 0 amide bonds. The van der Waals surface area contributed by atoms with Crippen LogP contribution in [0.4, 0.5) is 0 Å². The Balaban J connectivity index is 0.00000144. The molecule has 17 heavy (non-hydrogen) atoms. The van der Waals surface area contributed by atoms with Gasteiger partial charge in [0, 0.05) is 53.8 Å². The van der Waals surface area contributed by atoms with E-state index in [1.807, 2.05) is 6.92 Å². The largest absolute Gasteiger partial charge is 0.790 e. The monoisotopic (exact) mass is 258 g/mol. The van der Waals surface area contributed by atoms with Crippen molar-refractivity contribution < 1.29 is 9.46 Å². The molecule has 2 rings (SSSR count). The maximum atomic E-state index is 12.2. The Morgan fingerprint density at radius 2 is 2.00 bits per heavy atom. The van der Waals surface area contributed by atoms with Crippen molar-refractivity contribution in [3.63, 3.8) is 0 Å². The number of hydrogen-bond acceptors (Lipinski definition) is 3. The van der Waals surface area contributed by atoms with Crippen LogP contribution in [0.3, 0.4) is 0 Å². The summed E-state index contributed by atoms with van der Waals surface area (Å²) in [5, 5.41) is 0.302. The van der Waals surface area contributed by atoms with Crippen LogP contribution in [-0.2, 0) is 11.1 Å². The van der Waals surface area contributed by atoms with Gasteiger partial charge in [0.2, 0.25) is 0 Å². The van der Waals surface area contributed by atoms with Crippen LogP contribution in [0.25, 0.3) is 0 Å². The first kappa shape index (κ1) is 14.7. The summed E-state index contributed by atoms with van der Waals surface area (Å²) in [5.41, 5.74) is 0.126. The van der Waals surface area contributed by atoms with Gasteiger partial charge in [-0.1, -0.05) is 30.3 Å². The van der Waals surface area contributed by atoms with Gasteiger partial charge in [0.25, 0.3) is 0 Å². The normalized spacial score (nSPS) is 13.8. The number of aromatic nitrogens is 2. The van der Waals surface area contributed by atoms with E-state index in [0.717, 1.165) is 0 Å². The number of rotatable bonds is 3. The summed E-state index contributed by atoms with van der Waals surface area (Å²) in [6.07, 6.45) is 3.18. The van der Waals surface area contributed by atoms with Gasteiger partial charge in [-0.25, -0.2) is 4.98 Å². The van der Waals surface area contributed by atoms with E-state index in [9.17, 15) is 9.46 Å². The van der Waals surface area contributed by atoms with Crippen LogP contribution < -0.4 is 15.8 Å². The van der Waals surface area contributed by atoms with Gasteiger partial charge in [0.1, 0.15) is 7.37 Å². The molecular weight excluding hydrogens is 246 g/mol. The Labute approximate surface area is 122 Å². The van der Waals surface area contributed by atoms with Gasteiger partial charge >= 0.3 is 0 Å². The molecule has 1 radical (unpaired) electrons. The number of benzene rings is 1. The van der Waals surface area contributed by atoms with E-state index >= 15 is 0 Å². The standard InChI is InChI=1S/C11H13N2O2P.Na/c1-2-13-9-8-12-11(13)16(14,15)10-6-4-3-5-7-10;/h3-9H,2H2,1H3,(H,14,15);/p-1. The Hall–Kier alpha value is -0.380. The average Bonchev–Trinajstić information content (AvgIpc) is 2.79. The van der Waals surface area contributed by atoms with Gasteiger partial charge in [-0.2, -0.15) is 0 Å². The van der Waals surface area contributed by atoms with E-state index in [1.54, 1.807) is 41.1 Å². The fourth-order valence-corrected chi connectivity index (χ4v) is 3.11. The fourth-order valence-electron chi connectivity index (χ4n) is 1.55. The molecule has 0 fully saturated rings. The number of nitrogens with zero attached hydrogens (tertiary/aromatic N) is 2. The van der Waals surface area contributed by atoms with Crippen LogP contribution >= 0.6 is 7.37 Å². The van der Waals surface area contributed by atoms with Gasteiger partial charge in [-0.3, -0.25) is 0 Å². The predicted octanol–water partition coefficient (Wildman–Crippen LogP) is 0.111. The molecule has 0 N–H and O–H groups in total. The van der Waals surface area contributed by atoms with Crippen LogP contribution in [0.1, 0.15) is 6.92 Å².